The Morgan fingerprint density at radius 1 is 1.40 bits per heavy atom. The highest BCUT2D eigenvalue weighted by Crippen LogP contribution is 2.40. The minimum absolute atomic E-state index is 0.0825. The van der Waals surface area contributed by atoms with Crippen molar-refractivity contribution in [1.29, 1.82) is 0 Å². The average molecular weight is 274 g/mol. The Labute approximate surface area is 116 Å². The van der Waals surface area contributed by atoms with Crippen LogP contribution in [0.25, 0.3) is 11.2 Å². The molecule has 2 N–H and O–H groups in total. The van der Waals surface area contributed by atoms with Gasteiger partial charge in [0.05, 0.1) is 30.8 Å². The van der Waals surface area contributed by atoms with E-state index >= 15 is 0 Å². The fourth-order valence-electron chi connectivity index (χ4n) is 2.99. The van der Waals surface area contributed by atoms with E-state index in [9.17, 15) is 10.2 Å². The van der Waals surface area contributed by atoms with E-state index in [2.05, 4.69) is 21.5 Å². The second-order valence-electron chi connectivity index (χ2n) is 5.36. The van der Waals surface area contributed by atoms with Gasteiger partial charge in [0.25, 0.3) is 0 Å². The number of aliphatic hydroxyl groups excluding tert-OH is 2. The van der Waals surface area contributed by atoms with Crippen molar-refractivity contribution >= 4 is 11.2 Å². The average Bonchev–Trinajstić information content (AvgIpc) is 2.91. The number of hydrogen-bond acceptors (Lipinski definition) is 5. The van der Waals surface area contributed by atoms with E-state index in [1.54, 1.807) is 6.33 Å². The highest BCUT2D eigenvalue weighted by molar-refractivity contribution is 5.73. The fraction of sp³-hybridized carbons (Fsp3) is 0.500. The van der Waals surface area contributed by atoms with Crippen LogP contribution in [0.5, 0.6) is 0 Å². The van der Waals surface area contributed by atoms with Crippen LogP contribution in [0.1, 0.15) is 24.0 Å². The summed E-state index contributed by atoms with van der Waals surface area (Å²) >= 11 is 0. The summed E-state index contributed by atoms with van der Waals surface area (Å²) in [7, 11) is 0. The van der Waals surface area contributed by atoms with Crippen LogP contribution in [-0.4, -0.2) is 42.4 Å². The van der Waals surface area contributed by atoms with Crippen LogP contribution in [0, 0.1) is 19.8 Å². The van der Waals surface area contributed by atoms with Crippen molar-refractivity contribution in [3.8, 4) is 0 Å². The monoisotopic (exact) mass is 274 g/mol. The van der Waals surface area contributed by atoms with Crippen molar-refractivity contribution in [3.05, 3.63) is 30.0 Å². The molecule has 3 rings (SSSR count). The van der Waals surface area contributed by atoms with Crippen LogP contribution in [-0.2, 0) is 0 Å². The SMILES string of the molecule is C=C1[C@H](CO)[C@@H](O)C[C@@H]1n1cnc2c(C)nc(C)nc21. The third-order valence-electron chi connectivity index (χ3n) is 4.07. The summed E-state index contributed by atoms with van der Waals surface area (Å²) in [5, 5.41) is 19.4. The maximum Gasteiger partial charge on any atom is 0.164 e. The Morgan fingerprint density at radius 3 is 2.80 bits per heavy atom. The highest BCUT2D eigenvalue weighted by atomic mass is 16.3. The normalized spacial score (nSPS) is 26.6. The quantitative estimate of drug-likeness (QED) is 0.795. The molecule has 0 unspecified atom stereocenters. The Kier molecular flexibility index (Phi) is 3.07. The van der Waals surface area contributed by atoms with Gasteiger partial charge in [0.15, 0.2) is 5.65 Å². The lowest BCUT2D eigenvalue weighted by atomic mass is 10.0. The van der Waals surface area contributed by atoms with Crippen LogP contribution in [0.3, 0.4) is 0 Å². The van der Waals surface area contributed by atoms with Gasteiger partial charge in [-0.15, -0.1) is 0 Å². The third kappa shape index (κ3) is 1.83. The second kappa shape index (κ2) is 4.64. The van der Waals surface area contributed by atoms with Gasteiger partial charge >= 0.3 is 0 Å². The minimum Gasteiger partial charge on any atom is -0.396 e. The lowest BCUT2D eigenvalue weighted by Crippen LogP contribution is -2.17. The van der Waals surface area contributed by atoms with Crippen molar-refractivity contribution in [2.75, 3.05) is 6.61 Å². The topological polar surface area (TPSA) is 84.1 Å². The molecule has 106 valence electrons. The first-order valence-corrected chi connectivity index (χ1v) is 6.68. The molecular weight excluding hydrogens is 256 g/mol. The minimum atomic E-state index is -0.570. The third-order valence-corrected chi connectivity index (χ3v) is 4.07. The van der Waals surface area contributed by atoms with Gasteiger partial charge < -0.3 is 14.8 Å². The summed E-state index contributed by atoms with van der Waals surface area (Å²) in [5.41, 5.74) is 3.19. The number of hydrogen-bond donors (Lipinski definition) is 2. The van der Waals surface area contributed by atoms with E-state index in [1.807, 2.05) is 18.4 Å². The Balaban J connectivity index is 2.10. The smallest absolute Gasteiger partial charge is 0.164 e. The molecule has 0 aromatic carbocycles. The van der Waals surface area contributed by atoms with Crippen LogP contribution in [0.2, 0.25) is 0 Å². The van der Waals surface area contributed by atoms with Crippen LogP contribution < -0.4 is 0 Å². The molecule has 6 nitrogen and oxygen atoms in total. The lowest BCUT2D eigenvalue weighted by Gasteiger charge is -2.15. The summed E-state index contributed by atoms with van der Waals surface area (Å²) in [4.78, 5) is 13.1. The first-order valence-electron chi connectivity index (χ1n) is 6.68. The van der Waals surface area contributed by atoms with Crippen molar-refractivity contribution in [1.82, 2.24) is 19.5 Å². The van der Waals surface area contributed by atoms with Gasteiger partial charge in [-0.2, -0.15) is 0 Å². The van der Waals surface area contributed by atoms with Gasteiger partial charge in [-0.3, -0.25) is 0 Å². The lowest BCUT2D eigenvalue weighted by molar-refractivity contribution is 0.101. The summed E-state index contributed by atoms with van der Waals surface area (Å²) in [5.74, 6) is 0.418. The molecule has 1 saturated carbocycles. The standard InChI is InChI=1S/C14H18N4O2/c1-7-10(5-19)12(20)4-11(7)18-6-15-13-8(2)16-9(3)17-14(13)18/h6,10-12,19-20H,1,4-5H2,2-3H3/t10-,11-,12-/m0/s1. The van der Waals surface area contributed by atoms with Gasteiger partial charge in [0, 0.05) is 5.92 Å². The molecule has 1 fully saturated rings. The molecule has 2 aromatic heterocycles. The van der Waals surface area contributed by atoms with Crippen LogP contribution >= 0.6 is 0 Å². The summed E-state index contributed by atoms with van der Waals surface area (Å²) < 4.78 is 1.93. The van der Waals surface area contributed by atoms with Crippen LogP contribution in [0.4, 0.5) is 0 Å². The van der Waals surface area contributed by atoms with E-state index < -0.39 is 6.10 Å². The molecule has 0 radical (unpaired) electrons. The van der Waals surface area contributed by atoms with E-state index in [0.717, 1.165) is 22.4 Å². The zero-order valence-corrected chi connectivity index (χ0v) is 11.6. The number of imidazole rings is 1. The predicted octanol–water partition coefficient (Wildman–Crippen LogP) is 0.914. The number of aryl methyl sites for hydroxylation is 2. The van der Waals surface area contributed by atoms with E-state index in [0.29, 0.717) is 12.2 Å². The van der Waals surface area contributed by atoms with Crippen molar-refractivity contribution < 1.29 is 10.2 Å². The van der Waals surface area contributed by atoms with E-state index in [1.165, 1.54) is 0 Å². The van der Waals surface area contributed by atoms with Crippen molar-refractivity contribution in [3.63, 3.8) is 0 Å². The summed E-state index contributed by atoms with van der Waals surface area (Å²) in [6, 6.07) is -0.0825. The number of aromatic nitrogens is 4. The highest BCUT2D eigenvalue weighted by Gasteiger charge is 2.37. The van der Waals surface area contributed by atoms with Gasteiger partial charge in [0.1, 0.15) is 11.3 Å². The Bertz CT molecular complexity index is 679. The van der Waals surface area contributed by atoms with Crippen LogP contribution in [0.15, 0.2) is 18.5 Å². The molecule has 6 heteroatoms. The van der Waals surface area contributed by atoms with E-state index in [4.69, 9.17) is 0 Å². The molecule has 2 heterocycles. The molecule has 0 saturated heterocycles. The number of rotatable bonds is 2. The molecule has 1 aliphatic carbocycles. The summed E-state index contributed by atoms with van der Waals surface area (Å²) in [6.45, 7) is 7.70. The molecule has 20 heavy (non-hydrogen) atoms. The molecule has 3 atom stereocenters. The molecule has 0 aliphatic heterocycles. The van der Waals surface area contributed by atoms with Crippen molar-refractivity contribution in [2.45, 2.75) is 32.4 Å². The fourth-order valence-corrected chi connectivity index (χ4v) is 2.99. The number of aliphatic hydroxyl groups is 2. The van der Waals surface area contributed by atoms with Crippen molar-refractivity contribution in [2.24, 2.45) is 5.92 Å². The first kappa shape index (κ1) is 13.2. The Morgan fingerprint density at radius 2 is 2.15 bits per heavy atom. The zero-order chi connectivity index (χ0) is 14.4. The predicted molar refractivity (Wildman–Crippen MR) is 74.2 cm³/mol. The number of nitrogens with zero attached hydrogens (tertiary/aromatic N) is 4. The van der Waals surface area contributed by atoms with Gasteiger partial charge in [-0.1, -0.05) is 6.58 Å². The first-order chi connectivity index (χ1) is 9.52. The molecule has 0 amide bonds. The largest absolute Gasteiger partial charge is 0.396 e. The summed E-state index contributed by atoms with van der Waals surface area (Å²) in [6.07, 6.45) is 1.67. The number of fused-ring (bicyclic) bond motifs is 1. The van der Waals surface area contributed by atoms with E-state index in [-0.39, 0.29) is 18.6 Å². The molecule has 0 bridgehead atoms. The van der Waals surface area contributed by atoms with Gasteiger partial charge in [-0.25, -0.2) is 15.0 Å². The Hall–Kier alpha value is -1.79. The maximum absolute atomic E-state index is 10.0. The zero-order valence-electron chi connectivity index (χ0n) is 11.6. The molecule has 0 spiro atoms. The maximum atomic E-state index is 10.0. The molecular formula is C14H18N4O2. The van der Waals surface area contributed by atoms with Gasteiger partial charge in [0.2, 0.25) is 0 Å². The van der Waals surface area contributed by atoms with Gasteiger partial charge in [-0.05, 0) is 25.8 Å². The molecule has 2 aromatic rings. The molecule has 1 aliphatic rings. The second-order valence-corrected chi connectivity index (χ2v) is 5.36.